The Morgan fingerprint density at radius 2 is 1.95 bits per heavy atom. The van der Waals surface area contributed by atoms with Gasteiger partial charge in [0, 0.05) is 23.8 Å². The number of pyridine rings is 1. The van der Waals surface area contributed by atoms with Crippen molar-refractivity contribution in [3.8, 4) is 0 Å². The molecule has 2 N–H and O–H groups in total. The summed E-state index contributed by atoms with van der Waals surface area (Å²) in [6, 6.07) is 10.3. The molecule has 4 rings (SSSR count). The topological polar surface area (TPSA) is 104 Å². The lowest BCUT2D eigenvalue weighted by Gasteiger charge is -2.26. The Labute approximate surface area is 230 Å². The van der Waals surface area contributed by atoms with Gasteiger partial charge in [-0.05, 0) is 63.2 Å². The SMILES string of the molecule is C/C=C(\C=C1/CN=C(c2ccccc2)C(CCCCC(=O)O)=N1)C(=O)NC1CCCc2cc(C(F)(F)F)cnc21. The van der Waals surface area contributed by atoms with Gasteiger partial charge in [-0.15, -0.1) is 0 Å². The second-order valence-electron chi connectivity index (χ2n) is 9.75. The number of aliphatic imine (C=N–C) groups is 2. The number of nitrogens with zero attached hydrogens (tertiary/aromatic N) is 3. The highest BCUT2D eigenvalue weighted by atomic mass is 19.4. The molecule has 1 aliphatic heterocycles. The lowest BCUT2D eigenvalue weighted by molar-refractivity contribution is -0.138. The smallest absolute Gasteiger partial charge is 0.417 e. The molecule has 40 heavy (non-hydrogen) atoms. The van der Waals surface area contributed by atoms with Crippen LogP contribution in [0.1, 0.15) is 73.9 Å². The predicted octanol–water partition coefficient (Wildman–Crippen LogP) is 6.01. The molecule has 0 saturated heterocycles. The molecular weight excluding hydrogens is 521 g/mol. The van der Waals surface area contributed by atoms with Gasteiger partial charge in [0.15, 0.2) is 0 Å². The van der Waals surface area contributed by atoms with Crippen molar-refractivity contribution in [2.24, 2.45) is 9.98 Å². The van der Waals surface area contributed by atoms with E-state index in [1.165, 1.54) is 0 Å². The molecule has 0 spiro atoms. The van der Waals surface area contributed by atoms with Gasteiger partial charge in [0.1, 0.15) is 0 Å². The fourth-order valence-corrected chi connectivity index (χ4v) is 4.85. The van der Waals surface area contributed by atoms with E-state index in [1.807, 2.05) is 30.3 Å². The zero-order chi connectivity index (χ0) is 28.7. The van der Waals surface area contributed by atoms with Crippen LogP contribution in [0.15, 0.2) is 76.0 Å². The molecular formula is C30H31F3N4O3. The summed E-state index contributed by atoms with van der Waals surface area (Å²) in [4.78, 5) is 37.7. The number of allylic oxidation sites excluding steroid dienone is 1. The Morgan fingerprint density at radius 3 is 2.65 bits per heavy atom. The zero-order valence-corrected chi connectivity index (χ0v) is 22.2. The minimum Gasteiger partial charge on any atom is -0.481 e. The minimum absolute atomic E-state index is 0.0767. The van der Waals surface area contributed by atoms with Crippen LogP contribution in [0, 0.1) is 0 Å². The van der Waals surface area contributed by atoms with Gasteiger partial charge in [-0.3, -0.25) is 24.6 Å². The molecule has 0 saturated carbocycles. The Balaban J connectivity index is 1.51. The molecule has 2 heterocycles. The number of benzene rings is 1. The fraction of sp³-hybridized carbons (Fsp3) is 0.367. The summed E-state index contributed by atoms with van der Waals surface area (Å²) in [5, 5.41) is 11.9. The van der Waals surface area contributed by atoms with E-state index in [0.29, 0.717) is 61.1 Å². The Kier molecular flexibility index (Phi) is 9.29. The highest BCUT2D eigenvalue weighted by molar-refractivity contribution is 6.49. The van der Waals surface area contributed by atoms with E-state index in [4.69, 9.17) is 15.1 Å². The number of carbonyl (C=O) groups is 2. The molecule has 1 atom stereocenters. The molecule has 1 amide bonds. The fourth-order valence-electron chi connectivity index (χ4n) is 4.85. The number of rotatable bonds is 9. The van der Waals surface area contributed by atoms with E-state index in [0.717, 1.165) is 29.3 Å². The van der Waals surface area contributed by atoms with E-state index >= 15 is 0 Å². The Hall–Kier alpha value is -4.08. The number of carboxylic acid groups (broad SMARTS) is 1. The first-order valence-corrected chi connectivity index (χ1v) is 13.3. The van der Waals surface area contributed by atoms with Gasteiger partial charge in [0.05, 0.1) is 41.0 Å². The number of fused-ring (bicyclic) bond motifs is 1. The summed E-state index contributed by atoms with van der Waals surface area (Å²) >= 11 is 0. The standard InChI is InChI=1S/C30H31F3N4O3/c1-2-19(29(40)37-25-13-8-11-21-15-22(30(31,32)33)17-34-28(21)25)16-23-18-35-27(20-9-4-3-5-10-20)24(36-23)12-6-7-14-26(38)39/h2-5,9-10,15-17,25H,6-8,11-14,18H2,1H3,(H,37,40)(H,38,39)/b19-2+,23-16+. The molecule has 0 bridgehead atoms. The first-order valence-electron chi connectivity index (χ1n) is 13.3. The summed E-state index contributed by atoms with van der Waals surface area (Å²) in [7, 11) is 0. The second-order valence-corrected chi connectivity index (χ2v) is 9.75. The zero-order valence-electron chi connectivity index (χ0n) is 22.2. The highest BCUT2D eigenvalue weighted by Gasteiger charge is 2.33. The third-order valence-electron chi connectivity index (χ3n) is 6.85. The Morgan fingerprint density at radius 1 is 1.18 bits per heavy atom. The lowest BCUT2D eigenvalue weighted by atomic mass is 9.90. The van der Waals surface area contributed by atoms with Gasteiger partial charge in [-0.2, -0.15) is 13.2 Å². The highest BCUT2D eigenvalue weighted by Crippen LogP contribution is 2.34. The lowest BCUT2D eigenvalue weighted by Crippen LogP contribution is -2.32. The van der Waals surface area contributed by atoms with Gasteiger partial charge < -0.3 is 10.4 Å². The van der Waals surface area contributed by atoms with Crippen molar-refractivity contribution in [3.05, 3.63) is 88.4 Å². The van der Waals surface area contributed by atoms with Crippen LogP contribution in [0.2, 0.25) is 0 Å². The summed E-state index contributed by atoms with van der Waals surface area (Å²) in [6.07, 6.45) is 3.13. The third kappa shape index (κ3) is 7.31. The number of hydrogen-bond donors (Lipinski definition) is 2. The number of alkyl halides is 3. The molecule has 7 nitrogen and oxygen atoms in total. The van der Waals surface area contributed by atoms with E-state index in [-0.39, 0.29) is 18.9 Å². The molecule has 0 radical (unpaired) electrons. The van der Waals surface area contributed by atoms with Crippen LogP contribution >= 0.6 is 0 Å². The van der Waals surface area contributed by atoms with Crippen LogP contribution in [0.3, 0.4) is 0 Å². The molecule has 10 heteroatoms. The molecule has 0 fully saturated rings. The number of amides is 1. The number of nitrogens with one attached hydrogen (secondary N) is 1. The maximum Gasteiger partial charge on any atom is 0.417 e. The van der Waals surface area contributed by atoms with Crippen LogP contribution in [0.4, 0.5) is 13.2 Å². The number of aliphatic carboxylic acids is 1. The number of unbranched alkanes of at least 4 members (excludes halogenated alkanes) is 1. The Bertz CT molecular complexity index is 1380. The average molecular weight is 553 g/mol. The van der Waals surface area contributed by atoms with Crippen molar-refractivity contribution < 1.29 is 27.9 Å². The molecule has 1 aromatic heterocycles. The molecule has 1 aliphatic carbocycles. The van der Waals surface area contributed by atoms with Gasteiger partial charge in [0.25, 0.3) is 5.91 Å². The largest absolute Gasteiger partial charge is 0.481 e. The van der Waals surface area contributed by atoms with Crippen molar-refractivity contribution >= 4 is 23.3 Å². The van der Waals surface area contributed by atoms with Crippen molar-refractivity contribution in [1.29, 1.82) is 0 Å². The van der Waals surface area contributed by atoms with Gasteiger partial charge in [-0.1, -0.05) is 36.4 Å². The van der Waals surface area contributed by atoms with Crippen LogP contribution in [-0.4, -0.2) is 39.9 Å². The summed E-state index contributed by atoms with van der Waals surface area (Å²) in [5.74, 6) is -1.21. The number of aromatic nitrogens is 1. The van der Waals surface area contributed by atoms with Crippen LogP contribution in [-0.2, 0) is 22.2 Å². The molecule has 1 aromatic carbocycles. The number of hydrogen-bond acceptors (Lipinski definition) is 5. The number of halogens is 3. The van der Waals surface area contributed by atoms with Crippen LogP contribution in [0.5, 0.6) is 0 Å². The van der Waals surface area contributed by atoms with Crippen molar-refractivity contribution in [2.75, 3.05) is 6.54 Å². The summed E-state index contributed by atoms with van der Waals surface area (Å²) in [5.41, 5.74) is 3.53. The number of carbonyl (C=O) groups excluding carboxylic acids is 1. The van der Waals surface area contributed by atoms with Crippen molar-refractivity contribution in [2.45, 2.75) is 64.1 Å². The van der Waals surface area contributed by atoms with E-state index in [1.54, 1.807) is 19.1 Å². The van der Waals surface area contributed by atoms with E-state index in [2.05, 4.69) is 10.3 Å². The van der Waals surface area contributed by atoms with Gasteiger partial charge >= 0.3 is 12.1 Å². The van der Waals surface area contributed by atoms with Gasteiger partial charge in [0.2, 0.25) is 0 Å². The molecule has 210 valence electrons. The van der Waals surface area contributed by atoms with E-state index < -0.39 is 23.8 Å². The number of aryl methyl sites for hydroxylation is 1. The first kappa shape index (κ1) is 28.9. The molecule has 2 aromatic rings. The average Bonchev–Trinajstić information content (AvgIpc) is 2.94. The van der Waals surface area contributed by atoms with Crippen molar-refractivity contribution in [3.63, 3.8) is 0 Å². The third-order valence-corrected chi connectivity index (χ3v) is 6.85. The van der Waals surface area contributed by atoms with E-state index in [9.17, 15) is 22.8 Å². The van der Waals surface area contributed by atoms with Crippen LogP contribution < -0.4 is 5.32 Å². The first-order chi connectivity index (χ1) is 19.2. The predicted molar refractivity (Wildman–Crippen MR) is 146 cm³/mol. The van der Waals surface area contributed by atoms with Crippen molar-refractivity contribution in [1.82, 2.24) is 10.3 Å². The summed E-state index contributed by atoms with van der Waals surface area (Å²) < 4.78 is 39.4. The molecule has 1 unspecified atom stereocenters. The van der Waals surface area contributed by atoms with Crippen LogP contribution in [0.25, 0.3) is 0 Å². The normalized spacial score (nSPS) is 18.6. The quantitative estimate of drug-likeness (QED) is 0.294. The second kappa shape index (κ2) is 12.8. The number of carboxylic acids is 1. The maximum absolute atomic E-state index is 13.2. The monoisotopic (exact) mass is 552 g/mol. The summed E-state index contributed by atoms with van der Waals surface area (Å²) in [6.45, 7) is 1.99. The maximum atomic E-state index is 13.2. The molecule has 2 aliphatic rings. The van der Waals surface area contributed by atoms with Gasteiger partial charge in [-0.25, -0.2) is 0 Å². The minimum atomic E-state index is -4.47.